The normalized spacial score (nSPS) is 11.5. The molecule has 0 radical (unpaired) electrons. The minimum atomic E-state index is -0.249. The number of thiophene rings is 1. The van der Waals surface area contributed by atoms with E-state index in [9.17, 15) is 9.59 Å². The molecule has 0 amide bonds. The summed E-state index contributed by atoms with van der Waals surface area (Å²) in [5.41, 5.74) is 0.283. The zero-order valence-corrected chi connectivity index (χ0v) is 9.67. The highest BCUT2D eigenvalue weighted by Gasteiger charge is 2.13. The van der Waals surface area contributed by atoms with E-state index in [0.29, 0.717) is 10.2 Å². The fourth-order valence-corrected chi connectivity index (χ4v) is 2.50. The highest BCUT2D eigenvalue weighted by Crippen LogP contribution is 2.14. The topological polar surface area (TPSA) is 44.0 Å². The second kappa shape index (κ2) is 3.34. The molecule has 4 nitrogen and oxygen atoms in total. The maximum Gasteiger partial charge on any atom is 0.331 e. The maximum atomic E-state index is 12.0. The van der Waals surface area contributed by atoms with Gasteiger partial charge in [0.2, 0.25) is 0 Å². The zero-order valence-electron chi connectivity index (χ0n) is 8.85. The first-order valence-electron chi connectivity index (χ1n) is 4.72. The predicted octanol–water partition coefficient (Wildman–Crippen LogP) is 1.34. The van der Waals surface area contributed by atoms with Crippen LogP contribution in [0.2, 0.25) is 0 Å². The van der Waals surface area contributed by atoms with Gasteiger partial charge in [0.1, 0.15) is 4.70 Å². The van der Waals surface area contributed by atoms with E-state index in [2.05, 4.69) is 0 Å². The van der Waals surface area contributed by atoms with Gasteiger partial charge in [0.15, 0.2) is 0 Å². The first-order chi connectivity index (χ1) is 7.04. The smallest absolute Gasteiger partial charge is 0.295 e. The van der Waals surface area contributed by atoms with Gasteiger partial charge >= 0.3 is 5.69 Å². The summed E-state index contributed by atoms with van der Waals surface area (Å²) in [5.74, 6) is 0. The largest absolute Gasteiger partial charge is 0.331 e. The Kier molecular flexibility index (Phi) is 2.26. The third-order valence-corrected chi connectivity index (χ3v) is 3.32. The summed E-state index contributed by atoms with van der Waals surface area (Å²) >= 11 is 1.38. The number of aryl methyl sites for hydroxylation is 1. The van der Waals surface area contributed by atoms with Crippen molar-refractivity contribution in [3.8, 4) is 0 Å². The van der Waals surface area contributed by atoms with Gasteiger partial charge in [0.05, 0.1) is 5.52 Å². The molecule has 0 N–H and O–H groups in total. The average Bonchev–Trinajstić information content (AvgIpc) is 2.62. The van der Waals surface area contributed by atoms with Crippen LogP contribution in [-0.2, 0) is 7.05 Å². The van der Waals surface area contributed by atoms with Gasteiger partial charge in [-0.25, -0.2) is 4.79 Å². The fraction of sp³-hybridized carbons (Fsp3) is 0.400. The summed E-state index contributed by atoms with van der Waals surface area (Å²) < 4.78 is 3.46. The van der Waals surface area contributed by atoms with E-state index >= 15 is 0 Å². The number of aromatic nitrogens is 2. The van der Waals surface area contributed by atoms with Crippen molar-refractivity contribution in [1.82, 2.24) is 9.13 Å². The Morgan fingerprint density at radius 3 is 2.60 bits per heavy atom. The molecular formula is C10H12N2O2S. The molecule has 2 aromatic heterocycles. The van der Waals surface area contributed by atoms with Crippen LogP contribution in [0.5, 0.6) is 0 Å². The van der Waals surface area contributed by atoms with E-state index in [4.69, 9.17) is 0 Å². The molecule has 80 valence electrons. The van der Waals surface area contributed by atoms with Gasteiger partial charge in [-0.15, -0.1) is 11.3 Å². The summed E-state index contributed by atoms with van der Waals surface area (Å²) in [6.45, 7) is 3.67. The molecule has 0 unspecified atom stereocenters. The van der Waals surface area contributed by atoms with Gasteiger partial charge in [-0.3, -0.25) is 13.9 Å². The Bertz CT molecular complexity index is 618. The molecule has 5 heteroatoms. The maximum absolute atomic E-state index is 12.0. The minimum absolute atomic E-state index is 0.109. The second-order valence-corrected chi connectivity index (χ2v) is 4.66. The van der Waals surface area contributed by atoms with Crippen LogP contribution in [0.25, 0.3) is 10.2 Å². The van der Waals surface area contributed by atoms with E-state index < -0.39 is 0 Å². The number of nitrogens with zero attached hydrogens (tertiary/aromatic N) is 2. The quantitative estimate of drug-likeness (QED) is 0.733. The third-order valence-electron chi connectivity index (χ3n) is 2.43. The lowest BCUT2D eigenvalue weighted by molar-refractivity contribution is 0.533. The van der Waals surface area contributed by atoms with Crippen LogP contribution in [-0.4, -0.2) is 9.13 Å². The molecule has 2 heterocycles. The van der Waals surface area contributed by atoms with Crippen molar-refractivity contribution in [3.05, 3.63) is 32.3 Å². The van der Waals surface area contributed by atoms with Crippen LogP contribution < -0.4 is 11.2 Å². The first-order valence-corrected chi connectivity index (χ1v) is 5.60. The van der Waals surface area contributed by atoms with Crippen molar-refractivity contribution < 1.29 is 0 Å². The highest BCUT2D eigenvalue weighted by atomic mass is 32.1. The van der Waals surface area contributed by atoms with E-state index in [0.717, 1.165) is 0 Å². The van der Waals surface area contributed by atoms with Crippen molar-refractivity contribution in [2.45, 2.75) is 19.9 Å². The molecule has 0 bridgehead atoms. The second-order valence-electron chi connectivity index (χ2n) is 3.75. The number of fused-ring (bicyclic) bond motifs is 1. The summed E-state index contributed by atoms with van der Waals surface area (Å²) in [5, 5.41) is 1.83. The Morgan fingerprint density at radius 1 is 1.33 bits per heavy atom. The van der Waals surface area contributed by atoms with Crippen molar-refractivity contribution in [2.75, 3.05) is 0 Å². The third kappa shape index (κ3) is 1.34. The molecule has 0 aliphatic carbocycles. The lowest BCUT2D eigenvalue weighted by atomic mass is 10.3. The number of rotatable bonds is 1. The fourth-order valence-electron chi connectivity index (χ4n) is 1.64. The van der Waals surface area contributed by atoms with Gasteiger partial charge in [0, 0.05) is 13.1 Å². The van der Waals surface area contributed by atoms with Gasteiger partial charge < -0.3 is 0 Å². The van der Waals surface area contributed by atoms with E-state index in [1.54, 1.807) is 13.1 Å². The summed E-state index contributed by atoms with van der Waals surface area (Å²) in [4.78, 5) is 23.8. The number of hydrogen-bond acceptors (Lipinski definition) is 3. The van der Waals surface area contributed by atoms with Crippen LogP contribution in [0, 0.1) is 0 Å². The summed E-state index contributed by atoms with van der Waals surface area (Å²) in [6.07, 6.45) is 0. The summed E-state index contributed by atoms with van der Waals surface area (Å²) in [6, 6.07) is 1.69. The Hall–Kier alpha value is -1.36. The van der Waals surface area contributed by atoms with Gasteiger partial charge in [0.25, 0.3) is 5.56 Å². The van der Waals surface area contributed by atoms with Crippen LogP contribution in [0.3, 0.4) is 0 Å². The summed E-state index contributed by atoms with van der Waals surface area (Å²) in [7, 11) is 1.69. The molecule has 2 rings (SSSR count). The molecule has 0 spiro atoms. The predicted molar refractivity (Wildman–Crippen MR) is 61.7 cm³/mol. The zero-order chi connectivity index (χ0) is 11.2. The van der Waals surface area contributed by atoms with Crippen molar-refractivity contribution in [1.29, 1.82) is 0 Å². The number of hydrogen-bond donors (Lipinski definition) is 0. The Morgan fingerprint density at radius 2 is 2.00 bits per heavy atom. The Balaban J connectivity index is 3.06. The lowest BCUT2D eigenvalue weighted by Gasteiger charge is -2.10. The monoisotopic (exact) mass is 224 g/mol. The van der Waals surface area contributed by atoms with Gasteiger partial charge in [-0.05, 0) is 25.3 Å². The van der Waals surface area contributed by atoms with Crippen LogP contribution >= 0.6 is 11.3 Å². The average molecular weight is 224 g/mol. The van der Waals surface area contributed by atoms with Crippen LogP contribution in [0.1, 0.15) is 19.9 Å². The SMILES string of the molecule is CC(C)n1c(=O)c2sccc2n(C)c1=O. The molecule has 0 aliphatic rings. The van der Waals surface area contributed by atoms with Gasteiger partial charge in [-0.1, -0.05) is 0 Å². The molecule has 0 saturated heterocycles. The molecule has 2 aromatic rings. The highest BCUT2D eigenvalue weighted by molar-refractivity contribution is 7.17. The molecule has 0 saturated carbocycles. The van der Waals surface area contributed by atoms with Crippen LogP contribution in [0.4, 0.5) is 0 Å². The molecule has 0 fully saturated rings. The molecule has 0 aliphatic heterocycles. The Labute approximate surface area is 90.4 Å². The van der Waals surface area contributed by atoms with E-state index in [1.807, 2.05) is 19.2 Å². The first kappa shape index (κ1) is 10.2. The van der Waals surface area contributed by atoms with Gasteiger partial charge in [-0.2, -0.15) is 0 Å². The minimum Gasteiger partial charge on any atom is -0.295 e. The molecule has 0 atom stereocenters. The lowest BCUT2D eigenvalue weighted by Crippen LogP contribution is -2.39. The standard InChI is InChI=1S/C10H12N2O2S/c1-6(2)12-9(13)8-7(4-5-15-8)11(3)10(12)14/h4-6H,1-3H3. The molecule has 15 heavy (non-hydrogen) atoms. The van der Waals surface area contributed by atoms with E-state index in [-0.39, 0.29) is 17.3 Å². The van der Waals surface area contributed by atoms with Crippen LogP contribution in [0.15, 0.2) is 21.0 Å². The van der Waals surface area contributed by atoms with E-state index in [1.165, 1.54) is 20.5 Å². The van der Waals surface area contributed by atoms with Crippen molar-refractivity contribution in [3.63, 3.8) is 0 Å². The molecular weight excluding hydrogens is 212 g/mol. The molecule has 0 aromatic carbocycles. The van der Waals surface area contributed by atoms with Crippen molar-refractivity contribution in [2.24, 2.45) is 7.05 Å². The van der Waals surface area contributed by atoms with Crippen molar-refractivity contribution >= 4 is 21.6 Å².